The Hall–Kier alpha value is -2.17. The third-order valence-corrected chi connectivity index (χ3v) is 5.14. The number of anilines is 1. The number of fused-ring (bicyclic) bond motifs is 1. The Morgan fingerprint density at radius 1 is 0.958 bits per heavy atom. The SMILES string of the molecule is O=C1C[C@@H](N2CCc3ccccc3C2)C(=O)N1c1ccccc1Cl. The predicted octanol–water partition coefficient (Wildman–Crippen LogP) is 3.03. The molecular formula is C19H17ClN2O2. The van der Waals surface area contributed by atoms with Gasteiger partial charge in [0.15, 0.2) is 0 Å². The number of imide groups is 1. The number of carbonyl (C=O) groups excluding carboxylic acids is 2. The number of nitrogens with zero attached hydrogens (tertiary/aromatic N) is 2. The molecule has 0 bridgehead atoms. The molecular weight excluding hydrogens is 324 g/mol. The van der Waals surface area contributed by atoms with Gasteiger partial charge in [-0.15, -0.1) is 0 Å². The number of benzene rings is 2. The molecule has 2 aromatic rings. The highest BCUT2D eigenvalue weighted by Crippen LogP contribution is 2.32. The van der Waals surface area contributed by atoms with Crippen molar-refractivity contribution in [1.29, 1.82) is 0 Å². The lowest BCUT2D eigenvalue weighted by Crippen LogP contribution is -2.44. The van der Waals surface area contributed by atoms with Crippen molar-refractivity contribution >= 4 is 29.1 Å². The summed E-state index contributed by atoms with van der Waals surface area (Å²) in [5.74, 6) is -0.357. The molecule has 2 amide bonds. The Balaban J connectivity index is 1.60. The molecule has 24 heavy (non-hydrogen) atoms. The zero-order valence-electron chi connectivity index (χ0n) is 13.1. The fourth-order valence-electron chi connectivity index (χ4n) is 3.57. The third kappa shape index (κ3) is 2.52. The Morgan fingerprint density at radius 3 is 2.46 bits per heavy atom. The molecule has 5 heteroatoms. The van der Waals surface area contributed by atoms with Gasteiger partial charge in [-0.05, 0) is 29.7 Å². The maximum Gasteiger partial charge on any atom is 0.251 e. The van der Waals surface area contributed by atoms with Crippen LogP contribution in [0.5, 0.6) is 0 Å². The van der Waals surface area contributed by atoms with Crippen LogP contribution in [0.4, 0.5) is 5.69 Å². The first kappa shape index (κ1) is 15.4. The maximum atomic E-state index is 12.9. The van der Waals surface area contributed by atoms with Gasteiger partial charge in [-0.2, -0.15) is 0 Å². The summed E-state index contributed by atoms with van der Waals surface area (Å²) in [5.41, 5.74) is 3.04. The van der Waals surface area contributed by atoms with E-state index in [-0.39, 0.29) is 18.2 Å². The molecule has 0 saturated carbocycles. The van der Waals surface area contributed by atoms with E-state index in [9.17, 15) is 9.59 Å². The quantitative estimate of drug-likeness (QED) is 0.789. The molecule has 4 nitrogen and oxygen atoms in total. The van der Waals surface area contributed by atoms with Gasteiger partial charge < -0.3 is 0 Å². The number of rotatable bonds is 2. The van der Waals surface area contributed by atoms with Crippen LogP contribution in [-0.4, -0.2) is 29.3 Å². The fraction of sp³-hybridized carbons (Fsp3) is 0.263. The van der Waals surface area contributed by atoms with E-state index in [0.717, 1.165) is 13.0 Å². The molecule has 2 heterocycles. The monoisotopic (exact) mass is 340 g/mol. The molecule has 4 rings (SSSR count). The topological polar surface area (TPSA) is 40.6 Å². The highest BCUT2D eigenvalue weighted by atomic mass is 35.5. The molecule has 122 valence electrons. The van der Waals surface area contributed by atoms with Crippen LogP contribution in [-0.2, 0) is 22.6 Å². The Labute approximate surface area is 145 Å². The van der Waals surface area contributed by atoms with Crippen molar-refractivity contribution in [1.82, 2.24) is 4.90 Å². The van der Waals surface area contributed by atoms with E-state index in [2.05, 4.69) is 17.0 Å². The standard InChI is InChI=1S/C19H17ClN2O2/c20-15-7-3-4-8-16(15)22-18(23)11-17(19(22)24)21-10-9-13-5-1-2-6-14(13)12-21/h1-8,17H,9-12H2/t17-/m1/s1. The van der Waals surface area contributed by atoms with Crippen LogP contribution in [0.1, 0.15) is 17.5 Å². The van der Waals surface area contributed by atoms with Gasteiger partial charge >= 0.3 is 0 Å². The summed E-state index contributed by atoms with van der Waals surface area (Å²) < 4.78 is 0. The van der Waals surface area contributed by atoms with Crippen LogP contribution in [0.15, 0.2) is 48.5 Å². The minimum Gasteiger partial charge on any atom is -0.287 e. The molecule has 2 aliphatic rings. The smallest absolute Gasteiger partial charge is 0.251 e. The molecule has 1 fully saturated rings. The summed E-state index contributed by atoms with van der Waals surface area (Å²) in [5, 5.41) is 0.420. The zero-order chi connectivity index (χ0) is 16.7. The average Bonchev–Trinajstić information content (AvgIpc) is 2.90. The predicted molar refractivity (Wildman–Crippen MR) is 92.9 cm³/mol. The summed E-state index contributed by atoms with van der Waals surface area (Å²) in [6.45, 7) is 1.49. The number of amides is 2. The zero-order valence-corrected chi connectivity index (χ0v) is 13.9. The third-order valence-electron chi connectivity index (χ3n) is 4.82. The van der Waals surface area contributed by atoms with E-state index in [1.807, 2.05) is 12.1 Å². The van der Waals surface area contributed by atoms with Crippen molar-refractivity contribution in [3.63, 3.8) is 0 Å². The lowest BCUT2D eigenvalue weighted by atomic mass is 9.98. The van der Waals surface area contributed by atoms with E-state index < -0.39 is 6.04 Å². The first-order chi connectivity index (χ1) is 11.6. The molecule has 0 spiro atoms. The van der Waals surface area contributed by atoms with Crippen LogP contribution in [0.2, 0.25) is 5.02 Å². The van der Waals surface area contributed by atoms with Crippen molar-refractivity contribution < 1.29 is 9.59 Å². The fourth-order valence-corrected chi connectivity index (χ4v) is 3.79. The minimum absolute atomic E-state index is 0.174. The second kappa shape index (κ2) is 6.04. The van der Waals surface area contributed by atoms with Crippen LogP contribution in [0.25, 0.3) is 0 Å². The molecule has 0 aromatic heterocycles. The van der Waals surface area contributed by atoms with Gasteiger partial charge in [-0.3, -0.25) is 14.5 Å². The highest BCUT2D eigenvalue weighted by Gasteiger charge is 2.43. The van der Waals surface area contributed by atoms with Crippen molar-refractivity contribution in [2.24, 2.45) is 0 Å². The van der Waals surface area contributed by atoms with Gasteiger partial charge in [0.05, 0.1) is 23.2 Å². The Kier molecular flexibility index (Phi) is 3.87. The summed E-state index contributed by atoms with van der Waals surface area (Å²) in [4.78, 5) is 28.7. The number of hydrogen-bond acceptors (Lipinski definition) is 3. The van der Waals surface area contributed by atoms with E-state index in [0.29, 0.717) is 17.3 Å². The van der Waals surface area contributed by atoms with Crippen molar-refractivity contribution in [2.75, 3.05) is 11.4 Å². The first-order valence-electron chi connectivity index (χ1n) is 8.07. The lowest BCUT2D eigenvalue weighted by Gasteiger charge is -2.32. The van der Waals surface area contributed by atoms with Crippen molar-refractivity contribution in [3.8, 4) is 0 Å². The second-order valence-electron chi connectivity index (χ2n) is 6.23. The summed E-state index contributed by atoms with van der Waals surface area (Å²) >= 11 is 6.18. The van der Waals surface area contributed by atoms with E-state index in [1.165, 1.54) is 16.0 Å². The molecule has 0 N–H and O–H groups in total. The summed E-state index contributed by atoms with van der Waals surface area (Å²) in [6, 6.07) is 14.9. The number of halogens is 1. The van der Waals surface area contributed by atoms with E-state index >= 15 is 0 Å². The van der Waals surface area contributed by atoms with Crippen LogP contribution >= 0.6 is 11.6 Å². The molecule has 2 aromatic carbocycles. The van der Waals surface area contributed by atoms with Gasteiger partial charge in [0.2, 0.25) is 5.91 Å². The van der Waals surface area contributed by atoms with Gasteiger partial charge in [-0.25, -0.2) is 4.90 Å². The van der Waals surface area contributed by atoms with Crippen molar-refractivity contribution in [2.45, 2.75) is 25.4 Å². The number of hydrogen-bond donors (Lipinski definition) is 0. The largest absolute Gasteiger partial charge is 0.287 e. The highest BCUT2D eigenvalue weighted by molar-refractivity contribution is 6.36. The van der Waals surface area contributed by atoms with E-state index in [1.54, 1.807) is 24.3 Å². The minimum atomic E-state index is -0.401. The van der Waals surface area contributed by atoms with Crippen LogP contribution < -0.4 is 4.90 Å². The molecule has 0 radical (unpaired) electrons. The van der Waals surface area contributed by atoms with Gasteiger partial charge in [-0.1, -0.05) is 48.0 Å². The average molecular weight is 341 g/mol. The molecule has 0 aliphatic carbocycles. The lowest BCUT2D eigenvalue weighted by molar-refractivity contribution is -0.123. The Bertz CT molecular complexity index is 821. The molecule has 1 saturated heterocycles. The summed E-state index contributed by atoms with van der Waals surface area (Å²) in [7, 11) is 0. The Morgan fingerprint density at radius 2 is 1.67 bits per heavy atom. The molecule has 0 unspecified atom stereocenters. The number of carbonyl (C=O) groups is 2. The normalized spacial score (nSPS) is 21.2. The van der Waals surface area contributed by atoms with Crippen LogP contribution in [0, 0.1) is 0 Å². The maximum absolute atomic E-state index is 12.9. The van der Waals surface area contributed by atoms with Crippen LogP contribution in [0.3, 0.4) is 0 Å². The second-order valence-corrected chi connectivity index (χ2v) is 6.64. The number of para-hydroxylation sites is 1. The van der Waals surface area contributed by atoms with Gasteiger partial charge in [0, 0.05) is 13.1 Å². The van der Waals surface area contributed by atoms with Gasteiger partial charge in [0.25, 0.3) is 5.91 Å². The first-order valence-corrected chi connectivity index (χ1v) is 8.45. The van der Waals surface area contributed by atoms with Crippen molar-refractivity contribution in [3.05, 3.63) is 64.7 Å². The summed E-state index contributed by atoms with van der Waals surface area (Å²) in [6.07, 6.45) is 1.12. The molecule has 2 aliphatic heterocycles. The molecule has 1 atom stereocenters. The van der Waals surface area contributed by atoms with Gasteiger partial charge in [0.1, 0.15) is 0 Å². The van der Waals surface area contributed by atoms with E-state index in [4.69, 9.17) is 11.6 Å².